The summed E-state index contributed by atoms with van der Waals surface area (Å²) in [5.41, 5.74) is 0. The molecule has 0 N–H and O–H groups in total. The van der Waals surface area contributed by atoms with Gasteiger partial charge in [0, 0.05) is 18.9 Å². The molecule has 0 heterocycles. The maximum Gasteiger partial charge on any atom is 0.146 e. The van der Waals surface area contributed by atoms with E-state index in [9.17, 15) is 0 Å². The van der Waals surface area contributed by atoms with E-state index in [1.165, 1.54) is 0 Å². The first-order chi connectivity index (χ1) is 4.35. The van der Waals surface area contributed by atoms with Crippen molar-refractivity contribution in [3.63, 3.8) is 0 Å². The number of hydrogen-bond donors (Lipinski definition) is 0. The summed E-state index contributed by atoms with van der Waals surface area (Å²) in [6.45, 7) is 0.254. The Labute approximate surface area is 65.0 Å². The van der Waals surface area contributed by atoms with Crippen molar-refractivity contribution in [1.29, 1.82) is 0 Å². The second-order valence-electron chi connectivity index (χ2n) is 1.50. The molecule has 0 rings (SSSR count). The molecule has 0 atom stereocenters. The zero-order valence-corrected chi connectivity index (χ0v) is 6.78. The van der Waals surface area contributed by atoms with E-state index < -0.39 is 0 Å². The van der Waals surface area contributed by atoms with E-state index in [1.807, 2.05) is 0 Å². The molecule has 0 amide bonds. The van der Waals surface area contributed by atoms with Crippen molar-refractivity contribution < 1.29 is 9.47 Å². The second-order valence-corrected chi connectivity index (χ2v) is 2.12. The van der Waals surface area contributed by atoms with Crippen LogP contribution in [-0.2, 0) is 9.47 Å². The fourth-order valence-corrected chi connectivity index (χ4v) is 0.803. The lowest BCUT2D eigenvalue weighted by Crippen LogP contribution is -2.17. The van der Waals surface area contributed by atoms with Crippen LogP contribution in [0.3, 0.4) is 0 Å². The lowest BCUT2D eigenvalue weighted by molar-refractivity contribution is -0.0564. The molecule has 0 bridgehead atoms. The Hall–Kier alpha value is 0.500. The van der Waals surface area contributed by atoms with Crippen LogP contribution in [-0.4, -0.2) is 31.8 Å². The molecule has 0 saturated carbocycles. The van der Waals surface area contributed by atoms with Gasteiger partial charge in [-0.25, -0.2) is 0 Å². The molecule has 0 saturated heterocycles. The van der Waals surface area contributed by atoms with Crippen LogP contribution in [0.1, 0.15) is 0 Å². The van der Waals surface area contributed by atoms with Crippen molar-refractivity contribution in [3.8, 4) is 0 Å². The molecular weight excluding hydrogens is 163 g/mol. The number of halogens is 2. The summed E-state index contributed by atoms with van der Waals surface area (Å²) in [5.74, 6) is 0.819. The zero-order valence-electron chi connectivity index (χ0n) is 5.27. The standard InChI is InChI=1S/C5H10Cl2O2/c1-8-4-9-5(2-6)3-7/h5H,2-4H2,1H3. The lowest BCUT2D eigenvalue weighted by atomic mass is 10.5. The van der Waals surface area contributed by atoms with Gasteiger partial charge in [-0.1, -0.05) is 0 Å². The predicted octanol–water partition coefficient (Wildman–Crippen LogP) is 1.45. The number of rotatable bonds is 5. The van der Waals surface area contributed by atoms with E-state index in [2.05, 4.69) is 4.74 Å². The molecule has 0 fully saturated rings. The zero-order chi connectivity index (χ0) is 7.11. The van der Waals surface area contributed by atoms with Gasteiger partial charge in [-0.05, 0) is 0 Å². The molecule has 0 aliphatic heterocycles. The van der Waals surface area contributed by atoms with E-state index >= 15 is 0 Å². The average molecular weight is 173 g/mol. The summed E-state index contributed by atoms with van der Waals surface area (Å²) in [6.07, 6.45) is -0.0896. The quantitative estimate of drug-likeness (QED) is 0.462. The van der Waals surface area contributed by atoms with Gasteiger partial charge in [-0.15, -0.1) is 23.2 Å². The molecule has 0 radical (unpaired) electrons. The fraction of sp³-hybridized carbons (Fsp3) is 1.00. The molecule has 56 valence electrons. The van der Waals surface area contributed by atoms with Crippen molar-refractivity contribution >= 4 is 23.2 Å². The monoisotopic (exact) mass is 172 g/mol. The third kappa shape index (κ3) is 4.97. The highest BCUT2D eigenvalue weighted by Crippen LogP contribution is 1.97. The molecule has 0 spiro atoms. The smallest absolute Gasteiger partial charge is 0.146 e. The minimum absolute atomic E-state index is 0.0896. The third-order valence-corrected chi connectivity index (χ3v) is 1.45. The van der Waals surface area contributed by atoms with E-state index in [4.69, 9.17) is 27.9 Å². The second kappa shape index (κ2) is 6.62. The summed E-state index contributed by atoms with van der Waals surface area (Å²) < 4.78 is 9.64. The van der Waals surface area contributed by atoms with Gasteiger partial charge in [0.2, 0.25) is 0 Å². The highest BCUT2D eigenvalue weighted by molar-refractivity contribution is 6.21. The Morgan fingerprint density at radius 1 is 1.33 bits per heavy atom. The minimum atomic E-state index is -0.0896. The number of methoxy groups -OCH3 is 1. The summed E-state index contributed by atoms with van der Waals surface area (Å²) in [4.78, 5) is 0. The highest BCUT2D eigenvalue weighted by Gasteiger charge is 2.03. The van der Waals surface area contributed by atoms with E-state index in [0.29, 0.717) is 11.8 Å². The van der Waals surface area contributed by atoms with Gasteiger partial charge in [-0.2, -0.15) is 0 Å². The summed E-state index contributed by atoms with van der Waals surface area (Å²) >= 11 is 10.9. The van der Waals surface area contributed by atoms with Gasteiger partial charge in [-0.3, -0.25) is 0 Å². The Bertz CT molecular complexity index is 56.9. The van der Waals surface area contributed by atoms with Crippen molar-refractivity contribution in [2.24, 2.45) is 0 Å². The van der Waals surface area contributed by atoms with Gasteiger partial charge < -0.3 is 9.47 Å². The first-order valence-corrected chi connectivity index (χ1v) is 3.64. The maximum atomic E-state index is 5.44. The molecule has 0 aliphatic carbocycles. The maximum absolute atomic E-state index is 5.44. The third-order valence-electron chi connectivity index (χ3n) is 0.766. The fourth-order valence-electron chi connectivity index (χ4n) is 0.295. The first-order valence-electron chi connectivity index (χ1n) is 2.57. The summed E-state index contributed by atoms with van der Waals surface area (Å²) in [7, 11) is 1.56. The molecule has 0 unspecified atom stereocenters. The van der Waals surface area contributed by atoms with Crippen LogP contribution in [0.25, 0.3) is 0 Å². The van der Waals surface area contributed by atoms with E-state index in [-0.39, 0.29) is 12.9 Å². The molecule has 9 heavy (non-hydrogen) atoms. The van der Waals surface area contributed by atoms with Gasteiger partial charge in [0.05, 0.1) is 6.10 Å². The van der Waals surface area contributed by atoms with Crippen molar-refractivity contribution in [1.82, 2.24) is 0 Å². The lowest BCUT2D eigenvalue weighted by Gasteiger charge is -2.09. The molecule has 2 nitrogen and oxygen atoms in total. The van der Waals surface area contributed by atoms with Crippen molar-refractivity contribution in [2.75, 3.05) is 25.7 Å². The van der Waals surface area contributed by atoms with Gasteiger partial charge in [0.15, 0.2) is 0 Å². The molecule has 0 aromatic heterocycles. The van der Waals surface area contributed by atoms with Crippen LogP contribution < -0.4 is 0 Å². The topological polar surface area (TPSA) is 18.5 Å². The Morgan fingerprint density at radius 2 is 1.89 bits per heavy atom. The van der Waals surface area contributed by atoms with Gasteiger partial charge >= 0.3 is 0 Å². The first kappa shape index (κ1) is 9.50. The largest absolute Gasteiger partial charge is 0.359 e. The molecule has 4 heteroatoms. The molecule has 0 aromatic rings. The van der Waals surface area contributed by atoms with Crippen LogP contribution in [0.5, 0.6) is 0 Å². The number of alkyl halides is 2. The molecule has 0 aliphatic rings. The van der Waals surface area contributed by atoms with Crippen molar-refractivity contribution in [3.05, 3.63) is 0 Å². The highest BCUT2D eigenvalue weighted by atomic mass is 35.5. The van der Waals surface area contributed by atoms with Crippen LogP contribution in [0, 0.1) is 0 Å². The average Bonchev–Trinajstić information content (AvgIpc) is 1.91. The minimum Gasteiger partial charge on any atom is -0.359 e. The van der Waals surface area contributed by atoms with Crippen LogP contribution >= 0.6 is 23.2 Å². The van der Waals surface area contributed by atoms with Crippen LogP contribution in [0.4, 0.5) is 0 Å². The number of hydrogen-bond acceptors (Lipinski definition) is 2. The van der Waals surface area contributed by atoms with E-state index in [0.717, 1.165) is 0 Å². The predicted molar refractivity (Wildman–Crippen MR) is 38.2 cm³/mol. The Morgan fingerprint density at radius 3 is 2.22 bits per heavy atom. The normalized spacial score (nSPS) is 10.7. The molecular formula is C5H10Cl2O2. The van der Waals surface area contributed by atoms with Crippen LogP contribution in [0.2, 0.25) is 0 Å². The number of ether oxygens (including phenoxy) is 2. The van der Waals surface area contributed by atoms with Gasteiger partial charge in [0.1, 0.15) is 6.79 Å². The molecule has 0 aromatic carbocycles. The van der Waals surface area contributed by atoms with E-state index in [1.54, 1.807) is 7.11 Å². The van der Waals surface area contributed by atoms with Crippen molar-refractivity contribution in [2.45, 2.75) is 6.10 Å². The summed E-state index contributed by atoms with van der Waals surface area (Å²) in [6, 6.07) is 0. The Balaban J connectivity index is 3.09. The SMILES string of the molecule is COCOC(CCl)CCl. The van der Waals surface area contributed by atoms with Gasteiger partial charge in [0.25, 0.3) is 0 Å². The van der Waals surface area contributed by atoms with Crippen LogP contribution in [0.15, 0.2) is 0 Å². The Kier molecular flexibility index (Phi) is 6.99. The summed E-state index contributed by atoms with van der Waals surface area (Å²) in [5, 5.41) is 0.